The number of allylic oxidation sites excluding steroid dienone is 1. The van der Waals surface area contributed by atoms with Gasteiger partial charge in [0.05, 0.1) is 17.7 Å². The zero-order valence-corrected chi connectivity index (χ0v) is 11.4. The number of halogens is 2. The molecule has 0 spiro atoms. The van der Waals surface area contributed by atoms with Crippen molar-refractivity contribution in [1.82, 2.24) is 4.98 Å². The Balaban J connectivity index is 2.52. The van der Waals surface area contributed by atoms with E-state index in [0.29, 0.717) is 11.1 Å². The van der Waals surface area contributed by atoms with Crippen molar-refractivity contribution in [2.45, 2.75) is 0 Å². The van der Waals surface area contributed by atoms with Gasteiger partial charge in [0.15, 0.2) is 11.6 Å². The van der Waals surface area contributed by atoms with Gasteiger partial charge in [-0.2, -0.15) is 5.26 Å². The quantitative estimate of drug-likeness (QED) is 0.806. The second-order valence-electron chi connectivity index (χ2n) is 3.89. The molecule has 1 heterocycles. The van der Waals surface area contributed by atoms with Gasteiger partial charge in [-0.15, -0.1) is 0 Å². The average Bonchev–Trinajstić information content (AvgIpc) is 2.49. The standard InChI is InChI=1S/C15H10ClFN2O/c1-20-14-3-2-11(8-13(14)17)15(16)12(9-18)10-4-6-19-7-5-10/h2-8H,1H3/b15-12+. The van der Waals surface area contributed by atoms with Crippen LogP contribution in [-0.4, -0.2) is 12.1 Å². The second kappa shape index (κ2) is 6.18. The SMILES string of the molecule is COc1ccc(/C(Cl)=C(/C#N)c2ccncc2)cc1F. The van der Waals surface area contributed by atoms with Crippen molar-refractivity contribution in [2.24, 2.45) is 0 Å². The number of hydrogen-bond donors (Lipinski definition) is 0. The van der Waals surface area contributed by atoms with Crippen molar-refractivity contribution in [2.75, 3.05) is 7.11 Å². The Hall–Kier alpha value is -2.38. The fraction of sp³-hybridized carbons (Fsp3) is 0.0667. The van der Waals surface area contributed by atoms with Crippen LogP contribution < -0.4 is 4.74 Å². The van der Waals surface area contributed by atoms with Crippen LogP contribution in [0, 0.1) is 17.1 Å². The van der Waals surface area contributed by atoms with E-state index in [9.17, 15) is 9.65 Å². The molecule has 0 bridgehead atoms. The van der Waals surface area contributed by atoms with Gasteiger partial charge in [0, 0.05) is 12.4 Å². The Bertz CT molecular complexity index is 693. The Morgan fingerprint density at radius 2 is 1.95 bits per heavy atom. The number of ether oxygens (including phenoxy) is 1. The number of nitrogens with zero attached hydrogens (tertiary/aromatic N) is 2. The zero-order chi connectivity index (χ0) is 14.5. The molecule has 0 amide bonds. The molecule has 0 N–H and O–H groups in total. The smallest absolute Gasteiger partial charge is 0.165 e. The van der Waals surface area contributed by atoms with E-state index >= 15 is 0 Å². The largest absolute Gasteiger partial charge is 0.494 e. The summed E-state index contributed by atoms with van der Waals surface area (Å²) >= 11 is 6.20. The number of hydrogen-bond acceptors (Lipinski definition) is 3. The molecule has 0 aliphatic heterocycles. The van der Waals surface area contributed by atoms with Gasteiger partial charge in [0.1, 0.15) is 6.07 Å². The number of methoxy groups -OCH3 is 1. The highest BCUT2D eigenvalue weighted by atomic mass is 35.5. The van der Waals surface area contributed by atoms with Crippen molar-refractivity contribution in [3.8, 4) is 11.8 Å². The first-order chi connectivity index (χ1) is 9.67. The summed E-state index contributed by atoms with van der Waals surface area (Å²) in [6, 6.07) is 9.67. The predicted octanol–water partition coefficient (Wildman–Crippen LogP) is 3.86. The van der Waals surface area contributed by atoms with E-state index in [1.54, 1.807) is 30.6 Å². The highest BCUT2D eigenvalue weighted by molar-refractivity contribution is 6.53. The first-order valence-electron chi connectivity index (χ1n) is 5.71. The minimum Gasteiger partial charge on any atom is -0.494 e. The summed E-state index contributed by atoms with van der Waals surface area (Å²) in [6.45, 7) is 0. The molecule has 100 valence electrons. The summed E-state index contributed by atoms with van der Waals surface area (Å²) in [4.78, 5) is 3.88. The summed E-state index contributed by atoms with van der Waals surface area (Å²) in [5.74, 6) is -0.407. The molecule has 0 aliphatic rings. The van der Waals surface area contributed by atoms with Gasteiger partial charge in [-0.3, -0.25) is 4.98 Å². The molecule has 2 aromatic rings. The van der Waals surface area contributed by atoms with E-state index in [1.165, 1.54) is 19.2 Å². The second-order valence-corrected chi connectivity index (χ2v) is 4.26. The fourth-order valence-corrected chi connectivity index (χ4v) is 1.98. The minimum absolute atomic E-state index is 0.126. The molecule has 0 unspecified atom stereocenters. The zero-order valence-electron chi connectivity index (χ0n) is 10.6. The average molecular weight is 289 g/mol. The molecule has 0 atom stereocenters. The van der Waals surface area contributed by atoms with E-state index in [-0.39, 0.29) is 16.4 Å². The Morgan fingerprint density at radius 3 is 2.50 bits per heavy atom. The van der Waals surface area contributed by atoms with Gasteiger partial charge in [0.25, 0.3) is 0 Å². The molecule has 2 rings (SSSR count). The molecule has 1 aromatic carbocycles. The van der Waals surface area contributed by atoms with Gasteiger partial charge in [-0.25, -0.2) is 4.39 Å². The molecule has 1 aromatic heterocycles. The van der Waals surface area contributed by atoms with Crippen molar-refractivity contribution in [1.29, 1.82) is 5.26 Å². The van der Waals surface area contributed by atoms with Crippen molar-refractivity contribution < 1.29 is 9.13 Å². The lowest BCUT2D eigenvalue weighted by Gasteiger charge is -2.07. The van der Waals surface area contributed by atoms with Gasteiger partial charge in [-0.05, 0) is 41.5 Å². The summed E-state index contributed by atoms with van der Waals surface area (Å²) in [5, 5.41) is 9.43. The van der Waals surface area contributed by atoms with Crippen LogP contribution in [0.4, 0.5) is 4.39 Å². The lowest BCUT2D eigenvalue weighted by molar-refractivity contribution is 0.386. The van der Waals surface area contributed by atoms with Gasteiger partial charge in [-0.1, -0.05) is 11.6 Å². The van der Waals surface area contributed by atoms with Crippen LogP contribution in [0.2, 0.25) is 0 Å². The molecule has 0 saturated carbocycles. The minimum atomic E-state index is -0.532. The van der Waals surface area contributed by atoms with Crippen molar-refractivity contribution in [3.05, 3.63) is 59.7 Å². The summed E-state index contributed by atoms with van der Waals surface area (Å²) < 4.78 is 18.5. The monoisotopic (exact) mass is 288 g/mol. The van der Waals surface area contributed by atoms with Gasteiger partial charge >= 0.3 is 0 Å². The van der Waals surface area contributed by atoms with Crippen LogP contribution in [-0.2, 0) is 0 Å². The number of nitriles is 1. The molecule has 20 heavy (non-hydrogen) atoms. The molecule has 0 saturated heterocycles. The number of pyridine rings is 1. The third-order valence-corrected chi connectivity index (χ3v) is 3.11. The van der Waals surface area contributed by atoms with E-state index in [2.05, 4.69) is 4.98 Å². The molecule has 5 heteroatoms. The van der Waals surface area contributed by atoms with Gasteiger partial charge in [0.2, 0.25) is 0 Å². The predicted molar refractivity (Wildman–Crippen MR) is 75.5 cm³/mol. The first-order valence-corrected chi connectivity index (χ1v) is 6.09. The Labute approximate surface area is 120 Å². The van der Waals surface area contributed by atoms with Crippen LogP contribution in [0.15, 0.2) is 42.7 Å². The number of aromatic nitrogens is 1. The van der Waals surface area contributed by atoms with E-state index in [1.807, 2.05) is 6.07 Å². The summed E-state index contributed by atoms with van der Waals surface area (Å²) in [5.41, 5.74) is 1.31. The molecule has 0 radical (unpaired) electrons. The first kappa shape index (κ1) is 14.0. The highest BCUT2D eigenvalue weighted by Gasteiger charge is 2.12. The third-order valence-electron chi connectivity index (χ3n) is 2.71. The maximum atomic E-state index is 13.7. The summed E-state index contributed by atoms with van der Waals surface area (Å²) in [7, 11) is 1.38. The number of benzene rings is 1. The maximum Gasteiger partial charge on any atom is 0.165 e. The number of rotatable bonds is 3. The lowest BCUT2D eigenvalue weighted by Crippen LogP contribution is -1.91. The molecule has 0 aliphatic carbocycles. The Kier molecular flexibility index (Phi) is 4.34. The topological polar surface area (TPSA) is 45.9 Å². The summed E-state index contributed by atoms with van der Waals surface area (Å²) in [6.07, 6.45) is 3.12. The fourth-order valence-electron chi connectivity index (χ4n) is 1.71. The van der Waals surface area contributed by atoms with Crippen molar-refractivity contribution in [3.63, 3.8) is 0 Å². The van der Waals surface area contributed by atoms with Crippen LogP contribution in [0.3, 0.4) is 0 Å². The molecular weight excluding hydrogens is 279 g/mol. The third kappa shape index (κ3) is 2.79. The van der Waals surface area contributed by atoms with Crippen LogP contribution >= 0.6 is 11.6 Å². The molecular formula is C15H10ClFN2O. The Morgan fingerprint density at radius 1 is 1.25 bits per heavy atom. The van der Waals surface area contributed by atoms with E-state index in [4.69, 9.17) is 16.3 Å². The van der Waals surface area contributed by atoms with Crippen LogP contribution in [0.1, 0.15) is 11.1 Å². The van der Waals surface area contributed by atoms with Gasteiger partial charge < -0.3 is 4.74 Å². The van der Waals surface area contributed by atoms with E-state index in [0.717, 1.165) is 0 Å². The lowest BCUT2D eigenvalue weighted by atomic mass is 10.0. The van der Waals surface area contributed by atoms with Crippen LogP contribution in [0.25, 0.3) is 10.6 Å². The highest BCUT2D eigenvalue weighted by Crippen LogP contribution is 2.31. The maximum absolute atomic E-state index is 13.7. The van der Waals surface area contributed by atoms with Crippen LogP contribution in [0.5, 0.6) is 5.75 Å². The molecule has 3 nitrogen and oxygen atoms in total. The van der Waals surface area contributed by atoms with E-state index < -0.39 is 5.82 Å². The molecule has 0 fully saturated rings. The van der Waals surface area contributed by atoms with Crippen molar-refractivity contribution >= 4 is 22.2 Å². The normalized spacial score (nSPS) is 11.5.